The van der Waals surface area contributed by atoms with Crippen LogP contribution in [0.5, 0.6) is 0 Å². The van der Waals surface area contributed by atoms with Gasteiger partial charge in [0.2, 0.25) is 0 Å². The van der Waals surface area contributed by atoms with E-state index in [1.54, 1.807) is 24.3 Å². The van der Waals surface area contributed by atoms with Crippen molar-refractivity contribution in [2.75, 3.05) is 18.9 Å². The lowest BCUT2D eigenvalue weighted by Crippen LogP contribution is -2.27. The molecule has 2 N–H and O–H groups in total. The molecule has 0 aliphatic carbocycles. The summed E-state index contributed by atoms with van der Waals surface area (Å²) in [6, 6.07) is 5.88. The number of hydrogen-bond donors (Lipinski definition) is 2. The van der Waals surface area contributed by atoms with Crippen molar-refractivity contribution in [3.63, 3.8) is 0 Å². The van der Waals surface area contributed by atoms with E-state index in [-0.39, 0.29) is 5.91 Å². The predicted molar refractivity (Wildman–Crippen MR) is 84.3 cm³/mol. The third-order valence-corrected chi connectivity index (χ3v) is 3.29. The summed E-state index contributed by atoms with van der Waals surface area (Å²) in [7, 11) is 1.80. The molecule has 1 aromatic heterocycles. The number of aromatic amines is 1. The fourth-order valence-electron chi connectivity index (χ4n) is 2.17. The van der Waals surface area contributed by atoms with E-state index in [1.165, 1.54) is 0 Å². The molecule has 21 heavy (non-hydrogen) atoms. The molecule has 1 aromatic carbocycles. The molecule has 0 atom stereocenters. The third kappa shape index (κ3) is 3.84. The molecule has 0 unspecified atom stereocenters. The number of aromatic nitrogens is 2. The number of aryl methyl sites for hydroxylation is 1. The monoisotopic (exact) mass is 286 g/mol. The summed E-state index contributed by atoms with van der Waals surface area (Å²) < 4.78 is 0. The number of nitrogens with one attached hydrogen (secondary N) is 2. The number of carbonyl (C=O) groups is 1. The minimum absolute atomic E-state index is 0.00908. The number of hydrogen-bond acceptors (Lipinski definition) is 3. The molecule has 2 rings (SSSR count). The molecule has 5 heteroatoms. The molecule has 0 bridgehead atoms. The summed E-state index contributed by atoms with van der Waals surface area (Å²) in [6.07, 6.45) is 4.55. The van der Waals surface area contributed by atoms with Crippen molar-refractivity contribution in [2.45, 2.75) is 26.8 Å². The van der Waals surface area contributed by atoms with Gasteiger partial charge in [-0.15, -0.1) is 0 Å². The van der Waals surface area contributed by atoms with Crippen molar-refractivity contribution in [1.29, 1.82) is 0 Å². The molecule has 112 valence electrons. The number of carbonyl (C=O) groups excluding carboxylic acids is 1. The van der Waals surface area contributed by atoms with Crippen LogP contribution in [0.3, 0.4) is 0 Å². The summed E-state index contributed by atoms with van der Waals surface area (Å²) in [6.45, 7) is 5.53. The molecule has 0 aliphatic heterocycles. The van der Waals surface area contributed by atoms with Gasteiger partial charge in [0.05, 0.1) is 11.8 Å². The zero-order valence-electron chi connectivity index (χ0n) is 12.8. The molecule has 1 heterocycles. The van der Waals surface area contributed by atoms with Crippen molar-refractivity contribution in [1.82, 2.24) is 15.1 Å². The van der Waals surface area contributed by atoms with Gasteiger partial charge in [0, 0.05) is 37.6 Å². The summed E-state index contributed by atoms with van der Waals surface area (Å²) >= 11 is 0. The Balaban J connectivity index is 2.17. The van der Waals surface area contributed by atoms with Crippen LogP contribution in [0.2, 0.25) is 0 Å². The molecular formula is C16H22N4O. The van der Waals surface area contributed by atoms with Crippen molar-refractivity contribution in [2.24, 2.45) is 0 Å². The largest absolute Gasteiger partial charge is 0.384 e. The van der Waals surface area contributed by atoms with Crippen molar-refractivity contribution < 1.29 is 4.79 Å². The SMILES string of the molecule is CCCNc1cc(C)ccc1C(=O)N(C)Cc1cn[nH]c1. The molecule has 5 nitrogen and oxygen atoms in total. The first-order valence-electron chi connectivity index (χ1n) is 7.19. The third-order valence-electron chi connectivity index (χ3n) is 3.29. The molecule has 0 fully saturated rings. The van der Waals surface area contributed by atoms with E-state index in [4.69, 9.17) is 0 Å². The lowest BCUT2D eigenvalue weighted by atomic mass is 10.1. The average molecular weight is 286 g/mol. The van der Waals surface area contributed by atoms with E-state index in [9.17, 15) is 4.79 Å². The van der Waals surface area contributed by atoms with E-state index >= 15 is 0 Å². The van der Waals surface area contributed by atoms with Crippen LogP contribution in [0.25, 0.3) is 0 Å². The second-order valence-electron chi connectivity index (χ2n) is 5.24. The molecular weight excluding hydrogens is 264 g/mol. The molecule has 1 amide bonds. The van der Waals surface area contributed by atoms with Gasteiger partial charge < -0.3 is 10.2 Å². The Morgan fingerprint density at radius 3 is 2.90 bits per heavy atom. The first kappa shape index (κ1) is 15.1. The number of H-pyrrole nitrogens is 1. The Kier molecular flexibility index (Phi) is 4.98. The summed E-state index contributed by atoms with van der Waals surface area (Å²) in [5, 5.41) is 9.99. The van der Waals surface area contributed by atoms with E-state index in [1.807, 2.05) is 25.1 Å². The highest BCUT2D eigenvalue weighted by atomic mass is 16.2. The van der Waals surface area contributed by atoms with Crippen molar-refractivity contribution in [3.8, 4) is 0 Å². The fraction of sp³-hybridized carbons (Fsp3) is 0.375. The van der Waals surface area contributed by atoms with Crippen LogP contribution in [0.4, 0.5) is 5.69 Å². The smallest absolute Gasteiger partial charge is 0.255 e. The number of amides is 1. The van der Waals surface area contributed by atoms with Crippen LogP contribution >= 0.6 is 0 Å². The number of benzene rings is 1. The van der Waals surface area contributed by atoms with Crippen LogP contribution in [-0.2, 0) is 6.54 Å². The van der Waals surface area contributed by atoms with Gasteiger partial charge in [-0.3, -0.25) is 9.89 Å². The molecule has 0 aliphatic rings. The van der Waals surface area contributed by atoms with Gasteiger partial charge >= 0.3 is 0 Å². The lowest BCUT2D eigenvalue weighted by Gasteiger charge is -2.19. The first-order chi connectivity index (χ1) is 10.1. The van der Waals surface area contributed by atoms with Crippen LogP contribution in [0.1, 0.15) is 34.8 Å². The predicted octanol–water partition coefficient (Wildman–Crippen LogP) is 2.81. The minimum atomic E-state index is 0.00908. The second-order valence-corrected chi connectivity index (χ2v) is 5.24. The summed E-state index contributed by atoms with van der Waals surface area (Å²) in [5.74, 6) is 0.00908. The summed E-state index contributed by atoms with van der Waals surface area (Å²) in [5.41, 5.74) is 3.74. The maximum atomic E-state index is 12.6. The second kappa shape index (κ2) is 6.92. The zero-order valence-corrected chi connectivity index (χ0v) is 12.8. The standard InChI is InChI=1S/C16H22N4O/c1-4-7-17-15-8-12(2)5-6-14(15)16(21)20(3)11-13-9-18-19-10-13/h5-6,8-10,17H,4,7,11H2,1-3H3,(H,18,19). The highest BCUT2D eigenvalue weighted by Gasteiger charge is 2.16. The Labute approximate surface area is 125 Å². The topological polar surface area (TPSA) is 61.0 Å². The van der Waals surface area contributed by atoms with Gasteiger partial charge in [-0.05, 0) is 31.0 Å². The van der Waals surface area contributed by atoms with Crippen LogP contribution in [0.15, 0.2) is 30.6 Å². The molecule has 0 saturated carbocycles. The van der Waals surface area contributed by atoms with Crippen LogP contribution in [0, 0.1) is 6.92 Å². The van der Waals surface area contributed by atoms with Gasteiger partial charge in [0.15, 0.2) is 0 Å². The number of nitrogens with zero attached hydrogens (tertiary/aromatic N) is 2. The van der Waals surface area contributed by atoms with Crippen molar-refractivity contribution in [3.05, 3.63) is 47.3 Å². The maximum absolute atomic E-state index is 12.6. The van der Waals surface area contributed by atoms with Gasteiger partial charge in [-0.25, -0.2) is 0 Å². The molecule has 0 radical (unpaired) electrons. The normalized spacial score (nSPS) is 10.4. The maximum Gasteiger partial charge on any atom is 0.255 e. The van der Waals surface area contributed by atoms with Gasteiger partial charge in [-0.1, -0.05) is 13.0 Å². The number of rotatable bonds is 6. The fourth-order valence-corrected chi connectivity index (χ4v) is 2.17. The Morgan fingerprint density at radius 1 is 1.43 bits per heavy atom. The first-order valence-corrected chi connectivity index (χ1v) is 7.19. The van der Waals surface area contributed by atoms with Gasteiger partial charge in [0.1, 0.15) is 0 Å². The molecule has 0 spiro atoms. The van der Waals surface area contributed by atoms with E-state index in [0.29, 0.717) is 12.1 Å². The van der Waals surface area contributed by atoms with Crippen LogP contribution < -0.4 is 5.32 Å². The Bertz CT molecular complexity index is 592. The van der Waals surface area contributed by atoms with Gasteiger partial charge in [-0.2, -0.15) is 5.10 Å². The quantitative estimate of drug-likeness (QED) is 0.858. The Hall–Kier alpha value is -2.30. The van der Waals surface area contributed by atoms with Crippen LogP contribution in [-0.4, -0.2) is 34.6 Å². The number of anilines is 1. The zero-order chi connectivity index (χ0) is 15.2. The van der Waals surface area contributed by atoms with Crippen molar-refractivity contribution >= 4 is 11.6 Å². The highest BCUT2D eigenvalue weighted by molar-refractivity contribution is 5.99. The molecule has 2 aromatic rings. The lowest BCUT2D eigenvalue weighted by molar-refractivity contribution is 0.0786. The van der Waals surface area contributed by atoms with Gasteiger partial charge in [0.25, 0.3) is 5.91 Å². The highest BCUT2D eigenvalue weighted by Crippen LogP contribution is 2.20. The Morgan fingerprint density at radius 2 is 2.24 bits per heavy atom. The average Bonchev–Trinajstić information content (AvgIpc) is 2.97. The molecule has 0 saturated heterocycles. The minimum Gasteiger partial charge on any atom is -0.384 e. The summed E-state index contributed by atoms with van der Waals surface area (Å²) in [4.78, 5) is 14.3. The van der Waals surface area contributed by atoms with E-state index in [2.05, 4.69) is 22.4 Å². The van der Waals surface area contributed by atoms with E-state index in [0.717, 1.165) is 29.8 Å². The van der Waals surface area contributed by atoms with E-state index < -0.39 is 0 Å².